The van der Waals surface area contributed by atoms with Gasteiger partial charge in [-0.3, -0.25) is 4.79 Å². The van der Waals surface area contributed by atoms with Gasteiger partial charge in [-0.05, 0) is 37.6 Å². The van der Waals surface area contributed by atoms with Crippen LogP contribution in [0, 0.1) is 13.8 Å². The Labute approximate surface area is 199 Å². The van der Waals surface area contributed by atoms with Crippen LogP contribution in [0.5, 0.6) is 0 Å². The van der Waals surface area contributed by atoms with Gasteiger partial charge in [0.05, 0.1) is 6.26 Å². The van der Waals surface area contributed by atoms with Crippen LogP contribution in [0.4, 0.5) is 5.82 Å². The first-order valence-corrected chi connectivity index (χ1v) is 11.6. The molecular formula is C28H28N4O2. The van der Waals surface area contributed by atoms with E-state index in [2.05, 4.69) is 61.2 Å². The number of aromatic nitrogens is 2. The summed E-state index contributed by atoms with van der Waals surface area (Å²) in [5, 5.41) is 0. The minimum absolute atomic E-state index is 0.0616. The number of furan rings is 1. The van der Waals surface area contributed by atoms with Crippen molar-refractivity contribution < 1.29 is 9.21 Å². The third kappa shape index (κ3) is 4.57. The Balaban J connectivity index is 1.47. The maximum atomic E-state index is 12.7. The molecule has 0 atom stereocenters. The van der Waals surface area contributed by atoms with Gasteiger partial charge in [0.1, 0.15) is 5.82 Å². The van der Waals surface area contributed by atoms with Gasteiger partial charge in [-0.2, -0.15) is 0 Å². The van der Waals surface area contributed by atoms with Gasteiger partial charge in [0, 0.05) is 49.4 Å². The second-order valence-corrected chi connectivity index (χ2v) is 8.72. The van der Waals surface area contributed by atoms with Crippen LogP contribution in [0.25, 0.3) is 11.4 Å². The van der Waals surface area contributed by atoms with Crippen LogP contribution < -0.4 is 4.90 Å². The van der Waals surface area contributed by atoms with Crippen LogP contribution in [-0.2, 0) is 6.42 Å². The van der Waals surface area contributed by atoms with Crippen LogP contribution >= 0.6 is 0 Å². The third-order valence-corrected chi connectivity index (χ3v) is 6.29. The van der Waals surface area contributed by atoms with Crippen LogP contribution in [0.1, 0.15) is 32.9 Å². The van der Waals surface area contributed by atoms with Gasteiger partial charge in [0.25, 0.3) is 5.91 Å². The number of benzene rings is 2. The lowest BCUT2D eigenvalue weighted by Crippen LogP contribution is -2.49. The van der Waals surface area contributed by atoms with E-state index >= 15 is 0 Å². The number of rotatable bonds is 5. The minimum Gasteiger partial charge on any atom is -0.459 e. The Morgan fingerprint density at radius 2 is 1.71 bits per heavy atom. The van der Waals surface area contributed by atoms with Crippen LogP contribution in [0.3, 0.4) is 0 Å². The zero-order chi connectivity index (χ0) is 23.5. The fourth-order valence-corrected chi connectivity index (χ4v) is 4.44. The zero-order valence-electron chi connectivity index (χ0n) is 19.6. The Bertz CT molecular complexity index is 1280. The van der Waals surface area contributed by atoms with Gasteiger partial charge in [-0.1, -0.05) is 54.1 Å². The summed E-state index contributed by atoms with van der Waals surface area (Å²) >= 11 is 0. The summed E-state index contributed by atoms with van der Waals surface area (Å²) in [7, 11) is 0. The fourth-order valence-electron chi connectivity index (χ4n) is 4.44. The molecular weight excluding hydrogens is 424 g/mol. The van der Waals surface area contributed by atoms with E-state index in [0.717, 1.165) is 34.9 Å². The number of hydrogen-bond acceptors (Lipinski definition) is 5. The molecule has 6 nitrogen and oxygen atoms in total. The highest BCUT2D eigenvalue weighted by Crippen LogP contribution is 2.29. The first-order valence-electron chi connectivity index (χ1n) is 11.6. The van der Waals surface area contributed by atoms with E-state index in [1.54, 1.807) is 12.1 Å². The fraction of sp³-hybridized carbons (Fsp3) is 0.250. The second kappa shape index (κ2) is 9.51. The summed E-state index contributed by atoms with van der Waals surface area (Å²) in [6.45, 7) is 6.80. The van der Waals surface area contributed by atoms with Gasteiger partial charge in [0.15, 0.2) is 11.6 Å². The smallest absolute Gasteiger partial charge is 0.289 e. The van der Waals surface area contributed by atoms with E-state index < -0.39 is 0 Å². The molecule has 1 amide bonds. The van der Waals surface area contributed by atoms with Gasteiger partial charge in [-0.25, -0.2) is 9.97 Å². The van der Waals surface area contributed by atoms with Crippen molar-refractivity contribution in [1.29, 1.82) is 0 Å². The molecule has 0 radical (unpaired) electrons. The number of carbonyl (C=O) groups excluding carboxylic acids is 1. The highest BCUT2D eigenvalue weighted by Gasteiger charge is 2.27. The highest BCUT2D eigenvalue weighted by molar-refractivity contribution is 5.91. The van der Waals surface area contributed by atoms with Crippen LogP contribution in [0.15, 0.2) is 77.4 Å². The topological polar surface area (TPSA) is 62.5 Å². The van der Waals surface area contributed by atoms with Gasteiger partial charge >= 0.3 is 0 Å². The number of piperazine rings is 1. The Hall–Kier alpha value is -3.93. The van der Waals surface area contributed by atoms with E-state index in [1.165, 1.54) is 17.4 Å². The molecule has 1 fully saturated rings. The van der Waals surface area contributed by atoms with Crippen molar-refractivity contribution in [2.45, 2.75) is 20.3 Å². The lowest BCUT2D eigenvalue weighted by Gasteiger charge is -2.36. The molecule has 0 aliphatic carbocycles. The summed E-state index contributed by atoms with van der Waals surface area (Å²) in [4.78, 5) is 26.8. The number of nitrogens with zero attached hydrogens (tertiary/aromatic N) is 4. The molecule has 1 aliphatic rings. The summed E-state index contributed by atoms with van der Waals surface area (Å²) < 4.78 is 5.31. The van der Waals surface area contributed by atoms with Crippen molar-refractivity contribution in [2.75, 3.05) is 31.1 Å². The van der Waals surface area contributed by atoms with E-state index in [9.17, 15) is 4.79 Å². The Morgan fingerprint density at radius 3 is 2.41 bits per heavy atom. The molecule has 0 N–H and O–H groups in total. The van der Waals surface area contributed by atoms with Crippen molar-refractivity contribution in [3.05, 3.63) is 101 Å². The Kier molecular flexibility index (Phi) is 6.12. The first kappa shape index (κ1) is 21.9. The normalized spacial score (nSPS) is 13.8. The molecule has 6 heteroatoms. The van der Waals surface area contributed by atoms with Crippen molar-refractivity contribution in [1.82, 2.24) is 14.9 Å². The molecule has 34 heavy (non-hydrogen) atoms. The predicted molar refractivity (Wildman–Crippen MR) is 133 cm³/mol. The molecule has 1 saturated heterocycles. The number of aryl methyl sites for hydroxylation is 2. The van der Waals surface area contributed by atoms with E-state index in [-0.39, 0.29) is 5.91 Å². The molecule has 3 heterocycles. The molecule has 1 aliphatic heterocycles. The monoisotopic (exact) mass is 452 g/mol. The molecule has 2 aromatic carbocycles. The van der Waals surface area contributed by atoms with Crippen LogP contribution in [-0.4, -0.2) is 47.0 Å². The third-order valence-electron chi connectivity index (χ3n) is 6.29. The van der Waals surface area contributed by atoms with Gasteiger partial charge in [0.2, 0.25) is 0 Å². The van der Waals surface area contributed by atoms with E-state index in [4.69, 9.17) is 14.4 Å². The second-order valence-electron chi connectivity index (χ2n) is 8.72. The SMILES string of the molecule is Cc1cccc(-c2nc(C)c(Cc3ccccc3)c(N3CCN(C(=O)c4ccco4)CC3)n2)c1. The maximum Gasteiger partial charge on any atom is 0.289 e. The van der Waals surface area contributed by atoms with Crippen molar-refractivity contribution in [2.24, 2.45) is 0 Å². The first-order chi connectivity index (χ1) is 16.6. The number of hydrogen-bond donors (Lipinski definition) is 0. The number of anilines is 1. The van der Waals surface area contributed by atoms with Crippen molar-refractivity contribution >= 4 is 11.7 Å². The molecule has 0 bridgehead atoms. The lowest BCUT2D eigenvalue weighted by atomic mass is 10.0. The molecule has 5 rings (SSSR count). The van der Waals surface area contributed by atoms with Crippen molar-refractivity contribution in [3.8, 4) is 11.4 Å². The van der Waals surface area contributed by atoms with Crippen molar-refractivity contribution in [3.63, 3.8) is 0 Å². The number of amides is 1. The molecule has 0 saturated carbocycles. The number of carbonyl (C=O) groups is 1. The summed E-state index contributed by atoms with van der Waals surface area (Å²) in [6.07, 6.45) is 2.30. The largest absolute Gasteiger partial charge is 0.459 e. The molecule has 172 valence electrons. The Morgan fingerprint density at radius 1 is 0.912 bits per heavy atom. The lowest BCUT2D eigenvalue weighted by molar-refractivity contribution is 0.0714. The summed E-state index contributed by atoms with van der Waals surface area (Å²) in [6, 6.07) is 22.2. The molecule has 4 aromatic rings. The minimum atomic E-state index is -0.0616. The zero-order valence-corrected chi connectivity index (χ0v) is 19.6. The summed E-state index contributed by atoms with van der Waals surface area (Å²) in [5.74, 6) is 2.02. The average Bonchev–Trinajstić information content (AvgIpc) is 3.41. The van der Waals surface area contributed by atoms with Gasteiger partial charge < -0.3 is 14.2 Å². The van der Waals surface area contributed by atoms with E-state index in [0.29, 0.717) is 31.9 Å². The van der Waals surface area contributed by atoms with E-state index in [1.807, 2.05) is 17.0 Å². The average molecular weight is 453 g/mol. The molecule has 0 spiro atoms. The summed E-state index contributed by atoms with van der Waals surface area (Å²) in [5.41, 5.74) is 5.54. The maximum absolute atomic E-state index is 12.7. The highest BCUT2D eigenvalue weighted by atomic mass is 16.3. The van der Waals surface area contributed by atoms with Crippen LogP contribution in [0.2, 0.25) is 0 Å². The standard InChI is InChI=1S/C28H28N4O2/c1-20-8-6-11-23(18-20)26-29-21(2)24(19-22-9-4-3-5-10-22)27(30-26)31-13-15-32(16-14-31)28(33)25-12-7-17-34-25/h3-12,17-18H,13-16,19H2,1-2H3. The predicted octanol–water partition coefficient (Wildman–Crippen LogP) is 4.91. The molecule has 0 unspecified atom stereocenters. The quantitative estimate of drug-likeness (QED) is 0.431. The van der Waals surface area contributed by atoms with Gasteiger partial charge in [-0.15, -0.1) is 0 Å². The molecule has 2 aromatic heterocycles.